The Hall–Kier alpha value is -2.08. The summed E-state index contributed by atoms with van der Waals surface area (Å²) < 4.78 is 0. The van der Waals surface area contributed by atoms with Crippen molar-refractivity contribution in [3.05, 3.63) is 35.9 Å². The van der Waals surface area contributed by atoms with Crippen LogP contribution < -0.4 is 5.32 Å². The average Bonchev–Trinajstić information content (AvgIpc) is 2.66. The van der Waals surface area contributed by atoms with Crippen molar-refractivity contribution in [2.75, 3.05) is 32.7 Å². The number of likely N-dealkylation sites (N-methyl/N-ethyl adjacent to an activating group) is 1. The Labute approximate surface area is 162 Å². The predicted octanol–water partition coefficient (Wildman–Crippen LogP) is 3.01. The standard InChI is InChI=1S/C21H33N3O3/c1-4-23(15-20(25)26)18-10-12-24(13-11-18)21(27)22-14-19(16(2)3)17-8-6-5-7-9-17/h5-9,16,18-19H,4,10-15H2,1-3H3,(H,22,27)(H,25,26). The molecule has 150 valence electrons. The molecule has 1 atom stereocenters. The van der Waals surface area contributed by atoms with Crippen LogP contribution in [0.1, 0.15) is 45.1 Å². The second-order valence-corrected chi connectivity index (χ2v) is 7.62. The molecule has 1 aliphatic rings. The van der Waals surface area contributed by atoms with Crippen LogP contribution >= 0.6 is 0 Å². The van der Waals surface area contributed by atoms with Crippen LogP contribution in [0.25, 0.3) is 0 Å². The summed E-state index contributed by atoms with van der Waals surface area (Å²) in [4.78, 5) is 27.4. The Morgan fingerprint density at radius 3 is 2.37 bits per heavy atom. The fourth-order valence-corrected chi connectivity index (χ4v) is 3.85. The van der Waals surface area contributed by atoms with E-state index in [0.717, 1.165) is 19.4 Å². The highest BCUT2D eigenvalue weighted by atomic mass is 16.4. The number of piperidine rings is 1. The quantitative estimate of drug-likeness (QED) is 0.733. The van der Waals surface area contributed by atoms with E-state index in [9.17, 15) is 9.59 Å². The number of aliphatic carboxylic acids is 1. The summed E-state index contributed by atoms with van der Waals surface area (Å²) in [6, 6.07) is 10.5. The van der Waals surface area contributed by atoms with E-state index >= 15 is 0 Å². The number of carboxylic acids is 1. The lowest BCUT2D eigenvalue weighted by atomic mass is 9.88. The molecule has 0 spiro atoms. The summed E-state index contributed by atoms with van der Waals surface area (Å²) in [5.74, 6) is -0.0657. The maximum absolute atomic E-state index is 12.6. The lowest BCUT2D eigenvalue weighted by Gasteiger charge is -2.37. The normalized spacial score (nSPS) is 16.6. The molecule has 0 saturated carbocycles. The molecule has 27 heavy (non-hydrogen) atoms. The minimum Gasteiger partial charge on any atom is -0.480 e. The first-order valence-electron chi connectivity index (χ1n) is 9.95. The Morgan fingerprint density at radius 1 is 1.22 bits per heavy atom. The second kappa shape index (κ2) is 10.3. The van der Waals surface area contributed by atoms with Crippen LogP contribution in [0, 0.1) is 5.92 Å². The minimum absolute atomic E-state index is 0.0173. The smallest absolute Gasteiger partial charge is 0.317 e. The SMILES string of the molecule is CCN(CC(=O)O)C1CCN(C(=O)NCC(c2ccccc2)C(C)C)CC1. The Balaban J connectivity index is 1.84. The van der Waals surface area contributed by atoms with Crippen molar-refractivity contribution in [3.8, 4) is 0 Å². The largest absolute Gasteiger partial charge is 0.480 e. The molecule has 1 saturated heterocycles. The molecule has 1 aliphatic heterocycles. The van der Waals surface area contributed by atoms with Gasteiger partial charge in [0.2, 0.25) is 0 Å². The van der Waals surface area contributed by atoms with E-state index in [4.69, 9.17) is 5.11 Å². The Kier molecular flexibility index (Phi) is 8.10. The first-order valence-corrected chi connectivity index (χ1v) is 9.95. The van der Waals surface area contributed by atoms with Crippen molar-refractivity contribution in [1.82, 2.24) is 15.1 Å². The van der Waals surface area contributed by atoms with Crippen molar-refractivity contribution in [1.29, 1.82) is 0 Å². The molecule has 1 aromatic rings. The number of likely N-dealkylation sites (tertiary alicyclic amines) is 1. The van der Waals surface area contributed by atoms with E-state index in [0.29, 0.717) is 31.5 Å². The van der Waals surface area contributed by atoms with Gasteiger partial charge in [0.15, 0.2) is 0 Å². The topological polar surface area (TPSA) is 72.9 Å². The number of hydrogen-bond acceptors (Lipinski definition) is 3. The number of benzene rings is 1. The van der Waals surface area contributed by atoms with Crippen LogP contribution in [0.15, 0.2) is 30.3 Å². The Morgan fingerprint density at radius 2 is 1.85 bits per heavy atom. The zero-order valence-corrected chi connectivity index (χ0v) is 16.7. The van der Waals surface area contributed by atoms with Gasteiger partial charge in [0.25, 0.3) is 0 Å². The van der Waals surface area contributed by atoms with E-state index < -0.39 is 5.97 Å². The molecule has 1 heterocycles. The third-order valence-corrected chi connectivity index (χ3v) is 5.52. The number of rotatable bonds is 8. The van der Waals surface area contributed by atoms with Gasteiger partial charge in [-0.2, -0.15) is 0 Å². The molecule has 1 fully saturated rings. The van der Waals surface area contributed by atoms with Crippen LogP contribution in [0.4, 0.5) is 4.79 Å². The number of nitrogens with zero attached hydrogens (tertiary/aromatic N) is 2. The van der Waals surface area contributed by atoms with E-state index in [1.807, 2.05) is 34.9 Å². The van der Waals surface area contributed by atoms with Crippen molar-refractivity contribution < 1.29 is 14.7 Å². The molecular formula is C21H33N3O3. The molecule has 1 aromatic carbocycles. The molecule has 0 bridgehead atoms. The zero-order chi connectivity index (χ0) is 19.8. The maximum atomic E-state index is 12.6. The lowest BCUT2D eigenvalue weighted by molar-refractivity contribution is -0.139. The van der Waals surface area contributed by atoms with Gasteiger partial charge in [0.05, 0.1) is 6.54 Å². The highest BCUT2D eigenvalue weighted by Gasteiger charge is 2.27. The second-order valence-electron chi connectivity index (χ2n) is 7.62. The number of carbonyl (C=O) groups excluding carboxylic acids is 1. The van der Waals surface area contributed by atoms with Gasteiger partial charge in [-0.1, -0.05) is 51.1 Å². The molecule has 1 unspecified atom stereocenters. The van der Waals surface area contributed by atoms with Gasteiger partial charge in [-0.15, -0.1) is 0 Å². The van der Waals surface area contributed by atoms with E-state index in [-0.39, 0.29) is 18.6 Å². The molecular weight excluding hydrogens is 342 g/mol. The van der Waals surface area contributed by atoms with Gasteiger partial charge >= 0.3 is 12.0 Å². The number of carboxylic acid groups (broad SMARTS) is 1. The summed E-state index contributed by atoms with van der Waals surface area (Å²) in [7, 11) is 0. The molecule has 0 aliphatic carbocycles. The van der Waals surface area contributed by atoms with Crippen LogP contribution in [0.5, 0.6) is 0 Å². The summed E-state index contributed by atoms with van der Waals surface area (Å²) in [5, 5.41) is 12.1. The van der Waals surface area contributed by atoms with E-state index in [1.165, 1.54) is 5.56 Å². The third kappa shape index (κ3) is 6.24. The first-order chi connectivity index (χ1) is 12.9. The van der Waals surface area contributed by atoms with E-state index in [2.05, 4.69) is 31.3 Å². The number of amides is 2. The van der Waals surface area contributed by atoms with Gasteiger partial charge in [-0.25, -0.2) is 4.79 Å². The average molecular weight is 376 g/mol. The fraction of sp³-hybridized carbons (Fsp3) is 0.619. The number of nitrogens with one attached hydrogen (secondary N) is 1. The van der Waals surface area contributed by atoms with Crippen molar-refractivity contribution in [2.24, 2.45) is 5.92 Å². The van der Waals surface area contributed by atoms with Crippen LogP contribution in [0.3, 0.4) is 0 Å². The Bertz CT molecular complexity index is 598. The number of hydrogen-bond donors (Lipinski definition) is 2. The van der Waals surface area contributed by atoms with Gasteiger partial charge < -0.3 is 15.3 Å². The van der Waals surface area contributed by atoms with Gasteiger partial charge in [-0.3, -0.25) is 9.69 Å². The predicted molar refractivity (Wildman–Crippen MR) is 107 cm³/mol. The zero-order valence-electron chi connectivity index (χ0n) is 16.7. The van der Waals surface area contributed by atoms with Crippen LogP contribution in [-0.2, 0) is 4.79 Å². The number of urea groups is 1. The van der Waals surface area contributed by atoms with Crippen LogP contribution in [-0.4, -0.2) is 65.7 Å². The molecule has 2 amide bonds. The summed E-state index contributed by atoms with van der Waals surface area (Å²) >= 11 is 0. The summed E-state index contributed by atoms with van der Waals surface area (Å²) in [6.07, 6.45) is 1.64. The van der Waals surface area contributed by atoms with Crippen molar-refractivity contribution in [3.63, 3.8) is 0 Å². The molecule has 2 rings (SSSR count). The molecule has 6 heteroatoms. The highest BCUT2D eigenvalue weighted by Crippen LogP contribution is 2.23. The molecule has 2 N–H and O–H groups in total. The number of carbonyl (C=O) groups is 2. The van der Waals surface area contributed by atoms with Crippen molar-refractivity contribution in [2.45, 2.75) is 45.6 Å². The molecule has 0 aromatic heterocycles. The van der Waals surface area contributed by atoms with E-state index in [1.54, 1.807) is 0 Å². The minimum atomic E-state index is -0.794. The molecule has 6 nitrogen and oxygen atoms in total. The maximum Gasteiger partial charge on any atom is 0.317 e. The van der Waals surface area contributed by atoms with Gasteiger partial charge in [-0.05, 0) is 30.9 Å². The summed E-state index contributed by atoms with van der Waals surface area (Å²) in [5.41, 5.74) is 1.25. The monoisotopic (exact) mass is 375 g/mol. The van der Waals surface area contributed by atoms with Crippen molar-refractivity contribution >= 4 is 12.0 Å². The lowest BCUT2D eigenvalue weighted by Crippen LogP contribution is -2.50. The van der Waals surface area contributed by atoms with Gasteiger partial charge in [0.1, 0.15) is 0 Å². The molecule has 0 radical (unpaired) electrons. The van der Waals surface area contributed by atoms with Crippen LogP contribution in [0.2, 0.25) is 0 Å². The van der Waals surface area contributed by atoms with Gasteiger partial charge in [0, 0.05) is 31.6 Å². The first kappa shape index (κ1) is 21.2. The summed E-state index contributed by atoms with van der Waals surface area (Å²) in [6.45, 7) is 9.10. The third-order valence-electron chi connectivity index (χ3n) is 5.52. The fourth-order valence-electron chi connectivity index (χ4n) is 3.85. The highest BCUT2D eigenvalue weighted by molar-refractivity contribution is 5.74.